The summed E-state index contributed by atoms with van der Waals surface area (Å²) in [5, 5.41) is 10.5. The van der Waals surface area contributed by atoms with Crippen LogP contribution in [0.2, 0.25) is 0 Å². The number of rotatable bonds is 7. The number of carbonyl (C=O) groups is 1. The molecule has 2 rings (SSSR count). The Balaban J connectivity index is 2.08. The number of ether oxygens (including phenoxy) is 1. The summed E-state index contributed by atoms with van der Waals surface area (Å²) >= 11 is 0. The van der Waals surface area contributed by atoms with Gasteiger partial charge in [-0.2, -0.15) is 0 Å². The maximum atomic E-state index is 12.1. The molecule has 0 aliphatic carbocycles. The van der Waals surface area contributed by atoms with Crippen molar-refractivity contribution in [1.82, 2.24) is 9.88 Å². The lowest BCUT2D eigenvalue weighted by Gasteiger charge is -2.26. The molecule has 0 bridgehead atoms. The van der Waals surface area contributed by atoms with E-state index in [4.69, 9.17) is 4.74 Å². The van der Waals surface area contributed by atoms with Gasteiger partial charge in [-0.15, -0.1) is 0 Å². The molecule has 5 nitrogen and oxygen atoms in total. The number of nitrogens with zero attached hydrogens (tertiary/aromatic N) is 2. The number of hydrogen-bond donors (Lipinski definition) is 1. The Hall–Kier alpha value is -2.24. The summed E-state index contributed by atoms with van der Waals surface area (Å²) in [7, 11) is 3.26. The van der Waals surface area contributed by atoms with Gasteiger partial charge in [-0.25, -0.2) is 0 Å². The lowest BCUT2D eigenvalue weighted by molar-refractivity contribution is -0.150. The fourth-order valence-corrected chi connectivity index (χ4v) is 2.54. The quantitative estimate of drug-likeness (QED) is 0.792. The third-order valence-corrected chi connectivity index (χ3v) is 3.74. The van der Waals surface area contributed by atoms with E-state index >= 15 is 0 Å². The molecule has 1 aromatic carbocycles. The van der Waals surface area contributed by atoms with Crippen LogP contribution < -0.4 is 0 Å². The second-order valence-electron chi connectivity index (χ2n) is 5.54. The molecule has 2 aromatic rings. The van der Waals surface area contributed by atoms with Crippen molar-refractivity contribution in [2.45, 2.75) is 12.6 Å². The van der Waals surface area contributed by atoms with E-state index in [2.05, 4.69) is 4.98 Å². The third kappa shape index (κ3) is 4.87. The highest BCUT2D eigenvalue weighted by Crippen LogP contribution is 2.24. The van der Waals surface area contributed by atoms with Crippen LogP contribution in [0.4, 0.5) is 0 Å². The number of esters is 1. The highest BCUT2D eigenvalue weighted by atomic mass is 16.5. The van der Waals surface area contributed by atoms with Crippen molar-refractivity contribution in [2.75, 3.05) is 20.7 Å². The average Bonchev–Trinajstić information content (AvgIpc) is 2.60. The molecule has 23 heavy (non-hydrogen) atoms. The molecule has 0 saturated heterocycles. The van der Waals surface area contributed by atoms with E-state index < -0.39 is 18.0 Å². The van der Waals surface area contributed by atoms with E-state index in [-0.39, 0.29) is 0 Å². The molecule has 0 amide bonds. The minimum Gasteiger partial charge on any atom is -0.469 e. The van der Waals surface area contributed by atoms with E-state index in [1.54, 1.807) is 24.5 Å². The van der Waals surface area contributed by atoms with Gasteiger partial charge in [-0.1, -0.05) is 30.3 Å². The highest BCUT2D eigenvalue weighted by Gasteiger charge is 2.30. The number of methoxy groups -OCH3 is 1. The molecule has 1 N–H and O–H groups in total. The van der Waals surface area contributed by atoms with Gasteiger partial charge < -0.3 is 14.7 Å². The van der Waals surface area contributed by atoms with Gasteiger partial charge in [0, 0.05) is 25.5 Å². The Morgan fingerprint density at radius 2 is 1.87 bits per heavy atom. The van der Waals surface area contributed by atoms with Gasteiger partial charge in [-0.3, -0.25) is 9.78 Å². The van der Waals surface area contributed by atoms with Crippen molar-refractivity contribution >= 4 is 5.97 Å². The SMILES string of the molecule is COC(=O)[C@H](CN(C)Cc1ccccc1)[C@@H](O)c1ccncc1. The Labute approximate surface area is 136 Å². The molecule has 0 aliphatic rings. The van der Waals surface area contributed by atoms with Gasteiger partial charge in [-0.05, 0) is 30.3 Å². The second-order valence-corrected chi connectivity index (χ2v) is 5.54. The average molecular weight is 314 g/mol. The minimum atomic E-state index is -0.927. The van der Waals surface area contributed by atoms with Crippen molar-refractivity contribution < 1.29 is 14.6 Å². The van der Waals surface area contributed by atoms with Crippen LogP contribution >= 0.6 is 0 Å². The number of benzene rings is 1. The largest absolute Gasteiger partial charge is 0.469 e. The predicted molar refractivity (Wildman–Crippen MR) is 87.5 cm³/mol. The smallest absolute Gasteiger partial charge is 0.312 e. The van der Waals surface area contributed by atoms with Gasteiger partial charge in [0.15, 0.2) is 0 Å². The number of aliphatic hydroxyl groups excluding tert-OH is 1. The minimum absolute atomic E-state index is 0.394. The van der Waals surface area contributed by atoms with Crippen molar-refractivity contribution in [2.24, 2.45) is 5.92 Å². The summed E-state index contributed by atoms with van der Waals surface area (Å²) in [4.78, 5) is 18.0. The standard InChI is InChI=1S/C18H22N2O3/c1-20(12-14-6-4-3-5-7-14)13-16(18(22)23-2)17(21)15-8-10-19-11-9-15/h3-11,16-17,21H,12-13H2,1-2H3/t16-,17+/m1/s1. The molecule has 0 aliphatic heterocycles. The summed E-state index contributed by atoms with van der Waals surface area (Å²) in [6, 6.07) is 13.4. The van der Waals surface area contributed by atoms with Crippen molar-refractivity contribution in [1.29, 1.82) is 0 Å². The lowest BCUT2D eigenvalue weighted by Crippen LogP contribution is -2.35. The normalized spacial score (nSPS) is 13.6. The molecule has 5 heteroatoms. The molecular formula is C18H22N2O3. The van der Waals surface area contributed by atoms with Crippen LogP contribution in [-0.4, -0.2) is 41.7 Å². The van der Waals surface area contributed by atoms with Crippen molar-refractivity contribution in [3.8, 4) is 0 Å². The monoisotopic (exact) mass is 314 g/mol. The molecule has 0 saturated carbocycles. The molecule has 1 heterocycles. The zero-order valence-electron chi connectivity index (χ0n) is 13.4. The summed E-state index contributed by atoms with van der Waals surface area (Å²) in [5.74, 6) is -1.08. The highest BCUT2D eigenvalue weighted by molar-refractivity contribution is 5.73. The zero-order valence-corrected chi connectivity index (χ0v) is 13.4. The van der Waals surface area contributed by atoms with Crippen LogP contribution in [-0.2, 0) is 16.1 Å². The zero-order chi connectivity index (χ0) is 16.7. The fourth-order valence-electron chi connectivity index (χ4n) is 2.54. The van der Waals surface area contributed by atoms with Crippen LogP contribution in [0, 0.1) is 5.92 Å². The van der Waals surface area contributed by atoms with E-state index in [0.717, 1.165) is 5.56 Å². The van der Waals surface area contributed by atoms with Crippen LogP contribution in [0.15, 0.2) is 54.9 Å². The first kappa shape index (κ1) is 17.1. The molecule has 1 aromatic heterocycles. The molecular weight excluding hydrogens is 292 g/mol. The van der Waals surface area contributed by atoms with E-state index in [9.17, 15) is 9.90 Å². The van der Waals surface area contributed by atoms with Crippen LogP contribution in [0.5, 0.6) is 0 Å². The Morgan fingerprint density at radius 3 is 2.48 bits per heavy atom. The lowest BCUT2D eigenvalue weighted by atomic mass is 9.95. The number of aliphatic hydroxyl groups is 1. The Bertz CT molecular complexity index is 604. The van der Waals surface area contributed by atoms with Gasteiger partial charge >= 0.3 is 5.97 Å². The first-order chi connectivity index (χ1) is 11.1. The fraction of sp³-hybridized carbons (Fsp3) is 0.333. The molecule has 0 spiro atoms. The van der Waals surface area contributed by atoms with Gasteiger partial charge in [0.05, 0.1) is 19.1 Å². The van der Waals surface area contributed by atoms with Crippen molar-refractivity contribution in [3.63, 3.8) is 0 Å². The van der Waals surface area contributed by atoms with Gasteiger partial charge in [0.2, 0.25) is 0 Å². The number of carbonyl (C=O) groups excluding carboxylic acids is 1. The van der Waals surface area contributed by atoms with E-state index in [0.29, 0.717) is 18.7 Å². The van der Waals surface area contributed by atoms with Gasteiger partial charge in [0.25, 0.3) is 0 Å². The summed E-state index contributed by atoms with van der Waals surface area (Å²) in [6.45, 7) is 1.09. The third-order valence-electron chi connectivity index (χ3n) is 3.74. The molecule has 0 unspecified atom stereocenters. The molecule has 2 atom stereocenters. The number of pyridine rings is 1. The maximum absolute atomic E-state index is 12.1. The van der Waals surface area contributed by atoms with Crippen LogP contribution in [0.25, 0.3) is 0 Å². The second kappa shape index (κ2) is 8.41. The summed E-state index contributed by atoms with van der Waals surface area (Å²) in [6.07, 6.45) is 2.27. The first-order valence-corrected chi connectivity index (χ1v) is 7.50. The first-order valence-electron chi connectivity index (χ1n) is 7.50. The molecule has 0 fully saturated rings. The van der Waals surface area contributed by atoms with Gasteiger partial charge in [0.1, 0.15) is 0 Å². The molecule has 122 valence electrons. The van der Waals surface area contributed by atoms with Crippen LogP contribution in [0.3, 0.4) is 0 Å². The Morgan fingerprint density at radius 1 is 1.22 bits per heavy atom. The Kier molecular flexibility index (Phi) is 6.26. The van der Waals surface area contributed by atoms with E-state index in [1.807, 2.05) is 42.3 Å². The predicted octanol–water partition coefficient (Wildman–Crippen LogP) is 2.04. The van der Waals surface area contributed by atoms with E-state index in [1.165, 1.54) is 7.11 Å². The number of hydrogen-bond acceptors (Lipinski definition) is 5. The maximum Gasteiger partial charge on any atom is 0.312 e. The summed E-state index contributed by atoms with van der Waals surface area (Å²) < 4.78 is 4.86. The van der Waals surface area contributed by atoms with Crippen LogP contribution in [0.1, 0.15) is 17.2 Å². The summed E-state index contributed by atoms with van der Waals surface area (Å²) in [5.41, 5.74) is 1.81. The number of aromatic nitrogens is 1. The van der Waals surface area contributed by atoms with Crippen molar-refractivity contribution in [3.05, 3.63) is 66.0 Å². The molecule has 0 radical (unpaired) electrons. The topological polar surface area (TPSA) is 62.7 Å².